The SMILES string of the molecule is C1=CCC(C2(c3ccccc3)c3ccccc3-c3c2ccc2sccc32)C=C1. The number of hydrogen-bond acceptors (Lipinski definition) is 1. The van der Waals surface area contributed by atoms with Gasteiger partial charge in [0.2, 0.25) is 0 Å². The van der Waals surface area contributed by atoms with Crippen molar-refractivity contribution in [1.29, 1.82) is 0 Å². The van der Waals surface area contributed by atoms with Crippen LogP contribution in [0.3, 0.4) is 0 Å². The summed E-state index contributed by atoms with van der Waals surface area (Å²) in [6, 6.07) is 27.2. The summed E-state index contributed by atoms with van der Waals surface area (Å²) in [7, 11) is 0. The summed E-state index contributed by atoms with van der Waals surface area (Å²) in [5.74, 6) is 0.401. The van der Waals surface area contributed by atoms with Crippen LogP contribution in [0.15, 0.2) is 102 Å². The van der Waals surface area contributed by atoms with Crippen LogP contribution in [-0.4, -0.2) is 0 Å². The van der Waals surface area contributed by atoms with Crippen molar-refractivity contribution in [3.63, 3.8) is 0 Å². The zero-order chi connectivity index (χ0) is 18.6. The Morgan fingerprint density at radius 1 is 0.786 bits per heavy atom. The van der Waals surface area contributed by atoms with E-state index in [1.165, 1.54) is 37.9 Å². The number of benzene rings is 3. The van der Waals surface area contributed by atoms with E-state index in [2.05, 4.69) is 102 Å². The Labute approximate surface area is 169 Å². The van der Waals surface area contributed by atoms with Crippen molar-refractivity contribution in [2.75, 3.05) is 0 Å². The number of fused-ring (bicyclic) bond motifs is 5. The normalized spacial score (nSPS) is 22.4. The lowest BCUT2D eigenvalue weighted by atomic mass is 9.62. The van der Waals surface area contributed by atoms with E-state index in [1.807, 2.05) is 11.3 Å². The first-order valence-corrected chi connectivity index (χ1v) is 10.8. The first kappa shape index (κ1) is 16.1. The van der Waals surface area contributed by atoms with Crippen LogP contribution in [0.4, 0.5) is 0 Å². The fourth-order valence-corrected chi connectivity index (χ4v) is 6.17. The highest BCUT2D eigenvalue weighted by Gasteiger charge is 2.49. The second-order valence-corrected chi connectivity index (χ2v) is 8.64. The standard InChI is InChI=1S/C27H20S/c1-3-9-19(10-4-1)27(20-11-5-2-6-12-20)23-14-8-7-13-21(23)26-22-17-18-28-25(22)16-15-24(26)27/h1-11,13-18,20H,12H2. The van der Waals surface area contributed by atoms with E-state index in [0.29, 0.717) is 5.92 Å². The molecule has 2 aliphatic carbocycles. The van der Waals surface area contributed by atoms with Crippen molar-refractivity contribution in [2.24, 2.45) is 5.92 Å². The van der Waals surface area contributed by atoms with Gasteiger partial charge >= 0.3 is 0 Å². The average molecular weight is 377 g/mol. The largest absolute Gasteiger partial charge is 0.144 e. The first-order valence-electron chi connectivity index (χ1n) is 9.90. The van der Waals surface area contributed by atoms with Crippen molar-refractivity contribution < 1.29 is 0 Å². The summed E-state index contributed by atoms with van der Waals surface area (Å²) < 4.78 is 1.37. The summed E-state index contributed by atoms with van der Waals surface area (Å²) in [4.78, 5) is 0. The molecule has 2 atom stereocenters. The van der Waals surface area contributed by atoms with Crippen LogP contribution in [0.5, 0.6) is 0 Å². The van der Waals surface area contributed by atoms with E-state index in [4.69, 9.17) is 0 Å². The fourth-order valence-electron chi connectivity index (χ4n) is 5.38. The van der Waals surface area contributed by atoms with E-state index in [-0.39, 0.29) is 5.41 Å². The van der Waals surface area contributed by atoms with Gasteiger partial charge < -0.3 is 0 Å². The maximum atomic E-state index is 2.41. The van der Waals surface area contributed by atoms with Gasteiger partial charge in [-0.1, -0.05) is 85.0 Å². The summed E-state index contributed by atoms with van der Waals surface area (Å²) in [5, 5.41) is 3.61. The number of thiophene rings is 1. The highest BCUT2D eigenvalue weighted by molar-refractivity contribution is 7.17. The predicted octanol–water partition coefficient (Wildman–Crippen LogP) is 7.35. The van der Waals surface area contributed by atoms with Gasteiger partial charge in [0.1, 0.15) is 0 Å². The van der Waals surface area contributed by atoms with Crippen molar-refractivity contribution >= 4 is 21.4 Å². The molecule has 0 fully saturated rings. The minimum Gasteiger partial charge on any atom is -0.144 e. The van der Waals surface area contributed by atoms with Crippen LogP contribution >= 0.6 is 11.3 Å². The first-order chi connectivity index (χ1) is 13.9. The van der Waals surface area contributed by atoms with Crippen LogP contribution < -0.4 is 0 Å². The van der Waals surface area contributed by atoms with Gasteiger partial charge in [0.05, 0.1) is 5.41 Å². The summed E-state index contributed by atoms with van der Waals surface area (Å²) in [6.45, 7) is 0. The molecule has 134 valence electrons. The lowest BCUT2D eigenvalue weighted by Gasteiger charge is -2.39. The van der Waals surface area contributed by atoms with E-state index >= 15 is 0 Å². The van der Waals surface area contributed by atoms with Gasteiger partial charge in [-0.15, -0.1) is 11.3 Å². The molecule has 0 aliphatic heterocycles. The maximum absolute atomic E-state index is 2.41. The van der Waals surface area contributed by atoms with Crippen LogP contribution in [0.25, 0.3) is 21.2 Å². The highest BCUT2D eigenvalue weighted by Crippen LogP contribution is 2.59. The zero-order valence-electron chi connectivity index (χ0n) is 15.5. The predicted molar refractivity (Wildman–Crippen MR) is 120 cm³/mol. The third-order valence-corrected chi connectivity index (χ3v) is 7.33. The molecule has 3 aromatic carbocycles. The Bertz CT molecular complexity index is 1240. The van der Waals surface area contributed by atoms with Crippen LogP contribution in [0, 0.1) is 5.92 Å². The Balaban J connectivity index is 1.79. The zero-order valence-corrected chi connectivity index (χ0v) is 16.3. The highest BCUT2D eigenvalue weighted by atomic mass is 32.1. The molecular weight excluding hydrogens is 356 g/mol. The number of rotatable bonds is 2. The van der Waals surface area contributed by atoms with Gasteiger partial charge in [0.15, 0.2) is 0 Å². The molecule has 6 rings (SSSR count). The molecule has 0 saturated carbocycles. The Morgan fingerprint density at radius 2 is 1.64 bits per heavy atom. The summed E-state index contributed by atoms with van der Waals surface area (Å²) >= 11 is 1.83. The number of hydrogen-bond donors (Lipinski definition) is 0. The monoisotopic (exact) mass is 376 g/mol. The molecule has 28 heavy (non-hydrogen) atoms. The second-order valence-electron chi connectivity index (χ2n) is 7.70. The van der Waals surface area contributed by atoms with Crippen LogP contribution in [-0.2, 0) is 5.41 Å². The Kier molecular flexibility index (Phi) is 3.48. The van der Waals surface area contributed by atoms with Crippen molar-refractivity contribution in [3.8, 4) is 11.1 Å². The molecule has 1 heterocycles. The molecule has 0 nitrogen and oxygen atoms in total. The lowest BCUT2D eigenvalue weighted by Crippen LogP contribution is -2.35. The molecule has 1 aromatic heterocycles. The molecule has 0 amide bonds. The molecule has 4 aromatic rings. The third kappa shape index (κ3) is 2.00. The molecular formula is C27H20S. The Hall–Kier alpha value is -2.90. The van der Waals surface area contributed by atoms with Gasteiger partial charge in [-0.05, 0) is 57.7 Å². The number of allylic oxidation sites excluding steroid dienone is 4. The smallest absolute Gasteiger partial charge is 0.0529 e. The molecule has 0 saturated heterocycles. The Morgan fingerprint density at radius 3 is 2.50 bits per heavy atom. The molecule has 1 heteroatoms. The van der Waals surface area contributed by atoms with E-state index in [1.54, 1.807) is 0 Å². The van der Waals surface area contributed by atoms with Crippen molar-refractivity contribution in [2.45, 2.75) is 11.8 Å². The van der Waals surface area contributed by atoms with Gasteiger partial charge in [-0.2, -0.15) is 0 Å². The second kappa shape index (κ2) is 6.05. The molecule has 2 unspecified atom stereocenters. The summed E-state index contributed by atoms with van der Waals surface area (Å²) in [6.07, 6.45) is 10.2. The van der Waals surface area contributed by atoms with Gasteiger partial charge in [-0.25, -0.2) is 0 Å². The van der Waals surface area contributed by atoms with Gasteiger partial charge in [0, 0.05) is 10.1 Å². The third-order valence-electron chi connectivity index (χ3n) is 6.45. The fraction of sp³-hybridized carbons (Fsp3) is 0.111. The topological polar surface area (TPSA) is 0 Å². The molecule has 0 bridgehead atoms. The molecule has 0 spiro atoms. The minimum atomic E-state index is -0.148. The van der Waals surface area contributed by atoms with E-state index < -0.39 is 0 Å². The van der Waals surface area contributed by atoms with Gasteiger partial charge in [-0.3, -0.25) is 0 Å². The van der Waals surface area contributed by atoms with Crippen molar-refractivity contribution in [3.05, 3.63) is 119 Å². The van der Waals surface area contributed by atoms with E-state index in [9.17, 15) is 0 Å². The van der Waals surface area contributed by atoms with Crippen molar-refractivity contribution in [1.82, 2.24) is 0 Å². The average Bonchev–Trinajstić information content (AvgIpc) is 3.36. The van der Waals surface area contributed by atoms with Gasteiger partial charge in [0.25, 0.3) is 0 Å². The molecule has 2 aliphatic rings. The quantitative estimate of drug-likeness (QED) is 0.343. The van der Waals surface area contributed by atoms with E-state index in [0.717, 1.165) is 6.42 Å². The molecule has 0 N–H and O–H groups in total. The summed E-state index contributed by atoms with van der Waals surface area (Å²) in [5.41, 5.74) is 6.97. The van der Waals surface area contributed by atoms with Crippen LogP contribution in [0.1, 0.15) is 23.1 Å². The maximum Gasteiger partial charge on any atom is 0.0529 e. The lowest BCUT2D eigenvalue weighted by molar-refractivity contribution is 0.457. The molecule has 0 radical (unpaired) electrons. The minimum absolute atomic E-state index is 0.148. The van der Waals surface area contributed by atoms with Crippen LogP contribution in [0.2, 0.25) is 0 Å².